The molecule has 232 valence electrons. The van der Waals surface area contributed by atoms with Gasteiger partial charge in [0.1, 0.15) is 16.9 Å². The van der Waals surface area contributed by atoms with Crippen molar-refractivity contribution in [3.8, 4) is 5.75 Å². The molecule has 2 aromatic carbocycles. The molecule has 0 bridgehead atoms. The van der Waals surface area contributed by atoms with Crippen molar-refractivity contribution in [2.45, 2.75) is 64.5 Å². The molecule has 0 radical (unpaired) electrons. The standard InChI is InChI=1S/C33H39N5O6/c1-32(2,3)44-31(42)38-12-7-11-33(38,4)30(41)37-15-13-36(14-16-37)29(40)25-19-21(18-22-10-17-43-27(22)25)20-26-23-8-5-6-9-24(23)28(39)35-34-26/h5-6,8-9,18-19H,7,10-17,20H2,1-4H3,(H,35,39). The summed E-state index contributed by atoms with van der Waals surface area (Å²) in [6.07, 6.45) is 1.97. The van der Waals surface area contributed by atoms with Gasteiger partial charge in [0.15, 0.2) is 0 Å². The third kappa shape index (κ3) is 5.51. The summed E-state index contributed by atoms with van der Waals surface area (Å²) < 4.78 is 11.5. The van der Waals surface area contributed by atoms with E-state index in [0.717, 1.165) is 28.6 Å². The molecule has 1 aromatic heterocycles. The Balaban J connectivity index is 1.18. The average molecular weight is 602 g/mol. The van der Waals surface area contributed by atoms with E-state index in [-0.39, 0.29) is 17.4 Å². The lowest BCUT2D eigenvalue weighted by Crippen LogP contribution is -2.60. The Bertz CT molecular complexity index is 1690. The fraction of sp³-hybridized carbons (Fsp3) is 0.485. The van der Waals surface area contributed by atoms with Gasteiger partial charge in [0.2, 0.25) is 5.91 Å². The molecule has 1 unspecified atom stereocenters. The fourth-order valence-corrected chi connectivity index (χ4v) is 6.55. The summed E-state index contributed by atoms with van der Waals surface area (Å²) >= 11 is 0. The quantitative estimate of drug-likeness (QED) is 0.485. The number of H-pyrrole nitrogens is 1. The number of piperazine rings is 1. The molecule has 3 aliphatic rings. The lowest BCUT2D eigenvalue weighted by molar-refractivity contribution is -0.143. The van der Waals surface area contributed by atoms with Crippen molar-refractivity contribution in [2.75, 3.05) is 39.3 Å². The number of aromatic amines is 1. The number of nitrogens with zero attached hydrogens (tertiary/aromatic N) is 4. The van der Waals surface area contributed by atoms with E-state index in [2.05, 4.69) is 16.3 Å². The minimum absolute atomic E-state index is 0.111. The Kier molecular flexibility index (Phi) is 7.59. The maximum Gasteiger partial charge on any atom is 0.411 e. The Morgan fingerprint density at radius 3 is 2.45 bits per heavy atom. The smallest absolute Gasteiger partial charge is 0.411 e. The zero-order chi connectivity index (χ0) is 31.2. The number of aromatic nitrogens is 2. The molecule has 0 spiro atoms. The summed E-state index contributed by atoms with van der Waals surface area (Å²) in [7, 11) is 0. The van der Waals surface area contributed by atoms with Crippen molar-refractivity contribution in [3.05, 3.63) is 69.1 Å². The second-order valence-corrected chi connectivity index (χ2v) is 13.0. The molecule has 2 saturated heterocycles. The monoisotopic (exact) mass is 601 g/mol. The summed E-state index contributed by atoms with van der Waals surface area (Å²) in [5.41, 5.74) is 1.25. The maximum absolute atomic E-state index is 13.9. The van der Waals surface area contributed by atoms with Gasteiger partial charge >= 0.3 is 6.09 Å². The zero-order valence-electron chi connectivity index (χ0n) is 25.8. The lowest BCUT2D eigenvalue weighted by Gasteiger charge is -2.41. The second kappa shape index (κ2) is 11.3. The number of nitrogens with one attached hydrogen (secondary N) is 1. The predicted molar refractivity (Wildman–Crippen MR) is 164 cm³/mol. The van der Waals surface area contributed by atoms with E-state index in [1.807, 2.05) is 52.0 Å². The lowest BCUT2D eigenvalue weighted by atomic mass is 9.96. The number of benzene rings is 2. The summed E-state index contributed by atoms with van der Waals surface area (Å²) in [6.45, 7) is 9.73. The van der Waals surface area contributed by atoms with E-state index >= 15 is 0 Å². The van der Waals surface area contributed by atoms with Crippen LogP contribution in [-0.2, 0) is 22.4 Å². The first-order chi connectivity index (χ1) is 20.9. The number of carbonyl (C=O) groups is 3. The molecule has 1 atom stereocenters. The van der Waals surface area contributed by atoms with E-state index < -0.39 is 17.2 Å². The highest BCUT2D eigenvalue weighted by atomic mass is 16.6. The van der Waals surface area contributed by atoms with Crippen LogP contribution in [0.15, 0.2) is 41.2 Å². The van der Waals surface area contributed by atoms with Crippen molar-refractivity contribution in [3.63, 3.8) is 0 Å². The minimum atomic E-state index is -0.975. The summed E-state index contributed by atoms with van der Waals surface area (Å²) in [4.78, 5) is 57.9. The molecule has 11 nitrogen and oxygen atoms in total. The van der Waals surface area contributed by atoms with E-state index in [1.54, 1.807) is 20.8 Å². The Labute approximate surface area is 256 Å². The van der Waals surface area contributed by atoms with Crippen LogP contribution in [0.2, 0.25) is 0 Å². The van der Waals surface area contributed by atoms with Crippen LogP contribution in [0.3, 0.4) is 0 Å². The first kappa shape index (κ1) is 29.7. The number of hydrogen-bond acceptors (Lipinski definition) is 7. The summed E-state index contributed by atoms with van der Waals surface area (Å²) in [5.74, 6) is 0.363. The number of likely N-dealkylation sites (tertiary alicyclic amines) is 1. The van der Waals surface area contributed by atoms with Gasteiger partial charge in [-0.2, -0.15) is 5.10 Å². The first-order valence-corrected chi connectivity index (χ1v) is 15.3. The average Bonchev–Trinajstić information content (AvgIpc) is 3.64. The molecule has 44 heavy (non-hydrogen) atoms. The highest BCUT2D eigenvalue weighted by molar-refractivity contribution is 5.98. The topological polar surface area (TPSA) is 125 Å². The normalized spacial score (nSPS) is 20.0. The van der Waals surface area contributed by atoms with Gasteiger partial charge in [-0.25, -0.2) is 9.89 Å². The summed E-state index contributed by atoms with van der Waals surface area (Å²) in [6, 6.07) is 11.3. The van der Waals surface area contributed by atoms with Gasteiger partial charge in [0, 0.05) is 51.0 Å². The van der Waals surface area contributed by atoms with Gasteiger partial charge in [-0.3, -0.25) is 19.3 Å². The van der Waals surface area contributed by atoms with Gasteiger partial charge in [0.05, 0.1) is 23.3 Å². The van der Waals surface area contributed by atoms with Crippen molar-refractivity contribution < 1.29 is 23.9 Å². The van der Waals surface area contributed by atoms with Gasteiger partial charge in [-0.1, -0.05) is 24.3 Å². The SMILES string of the molecule is CC(C)(C)OC(=O)N1CCCC1(C)C(=O)N1CCN(C(=O)c2cc(Cc3n[nH]c(=O)c4ccccc34)cc3c2OCC3)CC1. The zero-order valence-corrected chi connectivity index (χ0v) is 25.8. The molecular formula is C33H39N5O6. The van der Waals surface area contributed by atoms with Gasteiger partial charge < -0.3 is 19.3 Å². The van der Waals surface area contributed by atoms with Gasteiger partial charge in [-0.15, -0.1) is 0 Å². The van der Waals surface area contributed by atoms with Crippen LogP contribution in [0.1, 0.15) is 67.7 Å². The van der Waals surface area contributed by atoms with E-state index in [1.165, 1.54) is 0 Å². The molecule has 1 N–H and O–H groups in total. The number of carbonyl (C=O) groups excluding carboxylic acids is 3. The van der Waals surface area contributed by atoms with E-state index in [0.29, 0.717) is 75.3 Å². The molecule has 3 amide bonds. The van der Waals surface area contributed by atoms with Crippen LogP contribution in [0.25, 0.3) is 10.8 Å². The van der Waals surface area contributed by atoms with Crippen molar-refractivity contribution in [1.29, 1.82) is 0 Å². The van der Waals surface area contributed by atoms with Crippen LogP contribution in [0, 0.1) is 0 Å². The number of amides is 3. The third-order valence-electron chi connectivity index (χ3n) is 8.79. The van der Waals surface area contributed by atoms with Crippen LogP contribution in [0.4, 0.5) is 4.79 Å². The molecule has 4 heterocycles. The molecule has 3 aliphatic heterocycles. The maximum atomic E-state index is 13.9. The van der Waals surface area contributed by atoms with Crippen molar-refractivity contribution in [2.24, 2.45) is 0 Å². The number of fused-ring (bicyclic) bond motifs is 2. The fourth-order valence-electron chi connectivity index (χ4n) is 6.55. The Morgan fingerprint density at radius 2 is 1.73 bits per heavy atom. The molecule has 11 heteroatoms. The van der Waals surface area contributed by atoms with E-state index in [9.17, 15) is 19.2 Å². The predicted octanol–water partition coefficient (Wildman–Crippen LogP) is 3.52. The molecule has 6 rings (SSSR count). The molecule has 2 fully saturated rings. The molecular weight excluding hydrogens is 562 g/mol. The minimum Gasteiger partial charge on any atom is -0.492 e. The number of ether oxygens (including phenoxy) is 2. The number of hydrogen-bond donors (Lipinski definition) is 1. The van der Waals surface area contributed by atoms with Crippen molar-refractivity contribution >= 4 is 28.7 Å². The van der Waals surface area contributed by atoms with Gasteiger partial charge in [0.25, 0.3) is 11.5 Å². The van der Waals surface area contributed by atoms with Gasteiger partial charge in [-0.05, 0) is 63.8 Å². The largest absolute Gasteiger partial charge is 0.492 e. The highest BCUT2D eigenvalue weighted by Crippen LogP contribution is 2.35. The second-order valence-electron chi connectivity index (χ2n) is 13.0. The number of rotatable bonds is 4. The first-order valence-electron chi connectivity index (χ1n) is 15.3. The third-order valence-corrected chi connectivity index (χ3v) is 8.79. The molecule has 0 aliphatic carbocycles. The highest BCUT2D eigenvalue weighted by Gasteiger charge is 2.49. The molecule has 3 aromatic rings. The van der Waals surface area contributed by atoms with Crippen LogP contribution in [-0.4, -0.2) is 93.3 Å². The Morgan fingerprint density at radius 1 is 1.02 bits per heavy atom. The summed E-state index contributed by atoms with van der Waals surface area (Å²) in [5, 5.41) is 8.27. The van der Waals surface area contributed by atoms with E-state index in [4.69, 9.17) is 9.47 Å². The molecule has 0 saturated carbocycles. The van der Waals surface area contributed by atoms with Crippen molar-refractivity contribution in [1.82, 2.24) is 24.9 Å². The van der Waals surface area contributed by atoms with Crippen LogP contribution < -0.4 is 10.3 Å². The van der Waals surface area contributed by atoms with Crippen LogP contribution in [0.5, 0.6) is 5.75 Å². The Hall–Kier alpha value is -4.41. The van der Waals surface area contributed by atoms with Crippen LogP contribution >= 0.6 is 0 Å².